The molecule has 0 fully saturated rings. The molecular weight excluding hydrogens is 444 g/mol. The molecule has 3 rings (SSSR count). The number of ether oxygens (including phenoxy) is 2. The molecule has 34 heavy (non-hydrogen) atoms. The minimum Gasteiger partial charge on any atom is -0.496 e. The van der Waals surface area contributed by atoms with Gasteiger partial charge in [0.15, 0.2) is 12.2 Å². The highest BCUT2D eigenvalue weighted by atomic mass is 16.6. The lowest BCUT2D eigenvalue weighted by Crippen LogP contribution is -2.48. The molecule has 2 N–H and O–H groups in total. The zero-order chi connectivity index (χ0) is 24.7. The predicted octanol–water partition coefficient (Wildman–Crippen LogP) is 3.56. The smallest absolute Gasteiger partial charge is 0.313 e. The molecule has 1 heterocycles. The highest BCUT2D eigenvalue weighted by molar-refractivity contribution is 6.39. The maximum absolute atomic E-state index is 12.4. The molecule has 0 unspecified atom stereocenters. The summed E-state index contributed by atoms with van der Waals surface area (Å²) in [5.41, 5.74) is 0.162. The zero-order valence-electron chi connectivity index (χ0n) is 18.9. The standard InChI is InChI=1S/C23H24N4O7/c1-23(2,9-10-33-17-6-4-5-16(12-17)27(30)31)26-22(29)21(28)25-15-7-8-18(19(11-15)32-3)20-13-24-14-34-20/h4-8,11-14H,9-10H2,1-3H3,(H,25,28)(H,26,29). The molecule has 0 aliphatic rings. The summed E-state index contributed by atoms with van der Waals surface area (Å²) in [6, 6.07) is 10.7. The fourth-order valence-corrected chi connectivity index (χ4v) is 3.05. The van der Waals surface area contributed by atoms with Gasteiger partial charge in [0.1, 0.15) is 11.5 Å². The number of rotatable bonds is 9. The number of nitro benzene ring substituents is 1. The van der Waals surface area contributed by atoms with Crippen LogP contribution in [0.1, 0.15) is 20.3 Å². The van der Waals surface area contributed by atoms with Crippen molar-refractivity contribution in [1.29, 1.82) is 0 Å². The maximum Gasteiger partial charge on any atom is 0.313 e. The van der Waals surface area contributed by atoms with Crippen molar-refractivity contribution in [3.8, 4) is 22.8 Å². The number of carbonyl (C=O) groups excluding carboxylic acids is 2. The maximum atomic E-state index is 12.4. The van der Waals surface area contributed by atoms with Crippen molar-refractivity contribution in [3.63, 3.8) is 0 Å². The van der Waals surface area contributed by atoms with Crippen LogP contribution in [0.2, 0.25) is 0 Å². The van der Waals surface area contributed by atoms with E-state index in [0.29, 0.717) is 34.9 Å². The third-order valence-electron chi connectivity index (χ3n) is 4.84. The van der Waals surface area contributed by atoms with E-state index in [-0.39, 0.29) is 12.3 Å². The lowest BCUT2D eigenvalue weighted by Gasteiger charge is -2.26. The van der Waals surface area contributed by atoms with E-state index in [1.807, 2.05) is 0 Å². The number of oxazole rings is 1. The van der Waals surface area contributed by atoms with Crippen molar-refractivity contribution in [2.75, 3.05) is 19.0 Å². The van der Waals surface area contributed by atoms with Crippen LogP contribution in [0.15, 0.2) is 59.5 Å². The summed E-state index contributed by atoms with van der Waals surface area (Å²) in [6.07, 6.45) is 3.19. The Bertz CT molecular complexity index is 1180. The second kappa shape index (κ2) is 10.5. The second-order valence-corrected chi connectivity index (χ2v) is 7.93. The molecule has 0 aliphatic carbocycles. The predicted molar refractivity (Wildman–Crippen MR) is 123 cm³/mol. The van der Waals surface area contributed by atoms with Crippen LogP contribution in [0.3, 0.4) is 0 Å². The Labute approximate surface area is 195 Å². The summed E-state index contributed by atoms with van der Waals surface area (Å²) >= 11 is 0. The van der Waals surface area contributed by atoms with Gasteiger partial charge < -0.3 is 24.5 Å². The average Bonchev–Trinajstić information content (AvgIpc) is 3.33. The average molecular weight is 468 g/mol. The van der Waals surface area contributed by atoms with Gasteiger partial charge in [-0.2, -0.15) is 0 Å². The topological polar surface area (TPSA) is 146 Å². The van der Waals surface area contributed by atoms with E-state index in [2.05, 4.69) is 15.6 Å². The normalized spacial score (nSPS) is 10.9. The number of hydrogen-bond acceptors (Lipinski definition) is 8. The molecule has 0 spiro atoms. The zero-order valence-corrected chi connectivity index (χ0v) is 18.9. The van der Waals surface area contributed by atoms with Gasteiger partial charge in [-0.1, -0.05) is 6.07 Å². The number of nitro groups is 1. The Morgan fingerprint density at radius 3 is 2.65 bits per heavy atom. The number of nitrogens with zero attached hydrogens (tertiary/aromatic N) is 2. The van der Waals surface area contributed by atoms with Gasteiger partial charge in [0.2, 0.25) is 0 Å². The Balaban J connectivity index is 1.54. The van der Waals surface area contributed by atoms with E-state index in [4.69, 9.17) is 13.9 Å². The van der Waals surface area contributed by atoms with Gasteiger partial charge in [-0.25, -0.2) is 4.98 Å². The van der Waals surface area contributed by atoms with Gasteiger partial charge in [-0.05, 0) is 32.0 Å². The second-order valence-electron chi connectivity index (χ2n) is 7.93. The van der Waals surface area contributed by atoms with E-state index < -0.39 is 22.3 Å². The van der Waals surface area contributed by atoms with Crippen LogP contribution in [0, 0.1) is 10.1 Å². The van der Waals surface area contributed by atoms with Crippen molar-refractivity contribution >= 4 is 23.2 Å². The number of methoxy groups -OCH3 is 1. The Hall–Kier alpha value is -4.41. The molecule has 0 saturated carbocycles. The SMILES string of the molecule is COc1cc(NC(=O)C(=O)NC(C)(C)CCOc2cccc([N+](=O)[O-])c2)ccc1-c1cnco1. The van der Waals surface area contributed by atoms with Crippen LogP contribution < -0.4 is 20.1 Å². The number of amides is 2. The number of nitrogens with one attached hydrogen (secondary N) is 2. The van der Waals surface area contributed by atoms with Gasteiger partial charge in [0.05, 0.1) is 36.5 Å². The van der Waals surface area contributed by atoms with Gasteiger partial charge in [0, 0.05) is 29.8 Å². The molecule has 0 atom stereocenters. The lowest BCUT2D eigenvalue weighted by atomic mass is 10.0. The highest BCUT2D eigenvalue weighted by Gasteiger charge is 2.25. The Morgan fingerprint density at radius 2 is 1.97 bits per heavy atom. The molecular formula is C23H24N4O7. The first-order chi connectivity index (χ1) is 16.2. The van der Waals surface area contributed by atoms with Crippen molar-refractivity contribution in [2.45, 2.75) is 25.8 Å². The third kappa shape index (κ3) is 6.31. The quantitative estimate of drug-likeness (QED) is 0.275. The molecule has 3 aromatic rings. The minimum atomic E-state index is -0.845. The molecule has 11 heteroatoms. The summed E-state index contributed by atoms with van der Waals surface area (Å²) in [7, 11) is 1.48. The van der Waals surface area contributed by atoms with Crippen molar-refractivity contribution in [3.05, 3.63) is 65.2 Å². The summed E-state index contributed by atoms with van der Waals surface area (Å²) in [5.74, 6) is -0.382. The van der Waals surface area contributed by atoms with Gasteiger partial charge in [-0.15, -0.1) is 0 Å². The number of carbonyl (C=O) groups is 2. The summed E-state index contributed by atoms with van der Waals surface area (Å²) in [5, 5.41) is 16.1. The minimum absolute atomic E-state index is 0.0766. The molecule has 2 amide bonds. The van der Waals surface area contributed by atoms with Crippen LogP contribution in [0.4, 0.5) is 11.4 Å². The molecule has 1 aromatic heterocycles. The fourth-order valence-electron chi connectivity index (χ4n) is 3.05. The van der Waals surface area contributed by atoms with Gasteiger partial charge in [0.25, 0.3) is 5.69 Å². The van der Waals surface area contributed by atoms with Crippen molar-refractivity contribution in [2.24, 2.45) is 0 Å². The summed E-state index contributed by atoms with van der Waals surface area (Å²) in [6.45, 7) is 3.66. The number of hydrogen-bond donors (Lipinski definition) is 2. The van der Waals surface area contributed by atoms with Crippen LogP contribution in [0.25, 0.3) is 11.3 Å². The summed E-state index contributed by atoms with van der Waals surface area (Å²) < 4.78 is 16.2. The van der Waals surface area contributed by atoms with Crippen LogP contribution in [-0.2, 0) is 9.59 Å². The van der Waals surface area contributed by atoms with E-state index in [0.717, 1.165) is 0 Å². The van der Waals surface area contributed by atoms with Crippen LogP contribution in [0.5, 0.6) is 11.5 Å². The lowest BCUT2D eigenvalue weighted by molar-refractivity contribution is -0.384. The van der Waals surface area contributed by atoms with E-state index >= 15 is 0 Å². The molecule has 2 aromatic carbocycles. The van der Waals surface area contributed by atoms with E-state index in [1.165, 1.54) is 37.9 Å². The van der Waals surface area contributed by atoms with Crippen LogP contribution in [-0.4, -0.2) is 41.0 Å². The Kier molecular flexibility index (Phi) is 7.46. The highest BCUT2D eigenvalue weighted by Crippen LogP contribution is 2.32. The number of benzene rings is 2. The number of non-ortho nitro benzene ring substituents is 1. The van der Waals surface area contributed by atoms with Gasteiger partial charge in [-0.3, -0.25) is 19.7 Å². The molecule has 0 saturated heterocycles. The third-order valence-corrected chi connectivity index (χ3v) is 4.84. The van der Waals surface area contributed by atoms with E-state index in [1.54, 1.807) is 38.1 Å². The number of anilines is 1. The summed E-state index contributed by atoms with van der Waals surface area (Å²) in [4.78, 5) is 39.1. The first kappa shape index (κ1) is 24.2. The number of aromatic nitrogens is 1. The monoisotopic (exact) mass is 468 g/mol. The Morgan fingerprint density at radius 1 is 1.18 bits per heavy atom. The van der Waals surface area contributed by atoms with Gasteiger partial charge >= 0.3 is 11.8 Å². The van der Waals surface area contributed by atoms with Crippen molar-refractivity contribution < 1.29 is 28.4 Å². The first-order valence-corrected chi connectivity index (χ1v) is 10.3. The molecule has 0 bridgehead atoms. The molecule has 11 nitrogen and oxygen atoms in total. The van der Waals surface area contributed by atoms with E-state index in [9.17, 15) is 19.7 Å². The fraction of sp³-hybridized carbons (Fsp3) is 0.261. The first-order valence-electron chi connectivity index (χ1n) is 10.3. The van der Waals surface area contributed by atoms with Crippen LogP contribution >= 0.6 is 0 Å². The molecule has 0 aliphatic heterocycles. The molecule has 178 valence electrons. The molecule has 0 radical (unpaired) electrons. The van der Waals surface area contributed by atoms with Crippen molar-refractivity contribution in [1.82, 2.24) is 10.3 Å². The largest absolute Gasteiger partial charge is 0.496 e.